The van der Waals surface area contributed by atoms with Crippen LogP contribution in [0.15, 0.2) is 0 Å². The maximum absolute atomic E-state index is 6.56. The Morgan fingerprint density at radius 1 is 1.00 bits per heavy atom. The van der Waals surface area contributed by atoms with Crippen LogP contribution in [0.1, 0.15) is 34.6 Å². The average Bonchev–Trinajstić information content (AvgIpc) is 2.36. The van der Waals surface area contributed by atoms with Gasteiger partial charge in [-0.2, -0.15) is 0 Å². The zero-order valence-corrected chi connectivity index (χ0v) is 13.7. The topological polar surface area (TPSA) is 0 Å². The van der Waals surface area contributed by atoms with Crippen LogP contribution >= 0.6 is 0 Å². The molecule has 0 aromatic heterocycles. The van der Waals surface area contributed by atoms with Crippen molar-refractivity contribution in [1.29, 1.82) is 0 Å². The molecule has 1 saturated carbocycles. The van der Waals surface area contributed by atoms with E-state index in [2.05, 4.69) is 34.6 Å². The van der Waals surface area contributed by atoms with Crippen molar-refractivity contribution in [2.45, 2.75) is 52.1 Å². The molecule has 0 aromatic carbocycles. The van der Waals surface area contributed by atoms with Crippen molar-refractivity contribution in [2.75, 3.05) is 0 Å². The Bertz CT molecular complexity index is 296. The molecule has 96 valence electrons. The summed E-state index contributed by atoms with van der Waals surface area (Å²) in [6, 6.07) is 0. The molecule has 6 unspecified atom stereocenters. The van der Waals surface area contributed by atoms with Gasteiger partial charge in [0.2, 0.25) is 0 Å². The number of hydrogen-bond donors (Lipinski definition) is 0. The summed E-state index contributed by atoms with van der Waals surface area (Å²) in [6.45, 7) is 11.1. The number of rotatable bonds is 5. The standard InChI is InChI=1S/C13H23B7/c1-6(2)9-8(5)13(20(17)19-16)10(7(3)4)12(18-15)11(9)14/h6-13H,1-5H3. The first-order chi connectivity index (χ1) is 9.27. The Labute approximate surface area is 133 Å². The third-order valence-electron chi connectivity index (χ3n) is 5.42. The molecule has 1 aliphatic rings. The quantitative estimate of drug-likeness (QED) is 0.653. The van der Waals surface area contributed by atoms with Crippen molar-refractivity contribution in [2.24, 2.45) is 29.6 Å². The van der Waals surface area contributed by atoms with Crippen LogP contribution in [0.2, 0.25) is 17.5 Å². The van der Waals surface area contributed by atoms with Gasteiger partial charge in [0.05, 0.1) is 15.0 Å². The summed E-state index contributed by atoms with van der Waals surface area (Å²) in [5.41, 5.74) is 0. The normalized spacial score (nSPS) is 38.0. The SMILES string of the molecule is [B][B]B([B])C1C(C)C(C(C)C)C([B])C([B][B])C1C(C)C. The summed E-state index contributed by atoms with van der Waals surface area (Å²) in [5, 5.41) is 0. The Morgan fingerprint density at radius 3 is 1.85 bits per heavy atom. The van der Waals surface area contributed by atoms with Gasteiger partial charge in [-0.15, -0.1) is 0 Å². The summed E-state index contributed by atoms with van der Waals surface area (Å²) >= 11 is 0. The van der Waals surface area contributed by atoms with E-state index in [1.165, 1.54) is 0 Å². The van der Waals surface area contributed by atoms with E-state index in [1.54, 1.807) is 14.2 Å². The molecule has 0 amide bonds. The zero-order valence-electron chi connectivity index (χ0n) is 13.7. The fourth-order valence-corrected chi connectivity index (χ4v) is 4.66. The second kappa shape index (κ2) is 7.64. The first-order valence-corrected chi connectivity index (χ1v) is 7.89. The predicted molar refractivity (Wildman–Crippen MR) is 97.3 cm³/mol. The molecule has 1 fully saturated rings. The average molecular weight is 255 g/mol. The van der Waals surface area contributed by atoms with Gasteiger partial charge in [-0.25, -0.2) is 0 Å². The Morgan fingerprint density at radius 2 is 1.50 bits per heavy atom. The van der Waals surface area contributed by atoms with Crippen molar-refractivity contribution in [3.63, 3.8) is 0 Å². The molecule has 0 N–H and O–H groups in total. The lowest BCUT2D eigenvalue weighted by atomic mass is 8.99. The molecule has 10 radical (unpaired) electrons. The minimum Gasteiger partial charge on any atom is -0.0802 e. The Kier molecular flexibility index (Phi) is 7.07. The summed E-state index contributed by atoms with van der Waals surface area (Å²) in [7, 11) is 28.0. The van der Waals surface area contributed by atoms with Gasteiger partial charge in [0.1, 0.15) is 0 Å². The lowest BCUT2D eigenvalue weighted by Crippen LogP contribution is -2.50. The molecular weight excluding hydrogens is 232 g/mol. The molecule has 0 heterocycles. The van der Waals surface area contributed by atoms with Crippen molar-refractivity contribution in [3.8, 4) is 0 Å². The van der Waals surface area contributed by atoms with E-state index in [9.17, 15) is 0 Å². The predicted octanol–water partition coefficient (Wildman–Crippen LogP) is 1.53. The van der Waals surface area contributed by atoms with Crippen molar-refractivity contribution >= 4 is 51.8 Å². The van der Waals surface area contributed by atoms with E-state index in [0.29, 0.717) is 35.4 Å². The zero-order chi connectivity index (χ0) is 15.6. The lowest BCUT2D eigenvalue weighted by Gasteiger charge is -2.56. The van der Waals surface area contributed by atoms with Gasteiger partial charge >= 0.3 is 0 Å². The summed E-state index contributed by atoms with van der Waals surface area (Å²) in [6.07, 6.45) is 0. The van der Waals surface area contributed by atoms with Crippen LogP contribution in [0.5, 0.6) is 0 Å². The first kappa shape index (κ1) is 18.5. The van der Waals surface area contributed by atoms with Gasteiger partial charge in [0.25, 0.3) is 0 Å². The molecule has 0 spiro atoms. The fourth-order valence-electron chi connectivity index (χ4n) is 4.66. The summed E-state index contributed by atoms with van der Waals surface area (Å²) in [4.78, 5) is 0. The highest BCUT2D eigenvalue weighted by atomic mass is 14.5. The van der Waals surface area contributed by atoms with E-state index in [-0.39, 0.29) is 18.1 Å². The molecule has 0 aliphatic heterocycles. The van der Waals surface area contributed by atoms with Crippen LogP contribution in [-0.2, 0) is 0 Å². The molecule has 1 aliphatic carbocycles. The highest BCUT2D eigenvalue weighted by Gasteiger charge is 2.48. The molecule has 0 saturated heterocycles. The second-order valence-electron chi connectivity index (χ2n) is 7.20. The van der Waals surface area contributed by atoms with Crippen LogP contribution in [0.4, 0.5) is 0 Å². The molecule has 0 nitrogen and oxygen atoms in total. The molecular formula is C13H23B7. The largest absolute Gasteiger partial charge is 0.0802 e. The van der Waals surface area contributed by atoms with E-state index < -0.39 is 0 Å². The smallest absolute Gasteiger partial charge is 0.0697 e. The van der Waals surface area contributed by atoms with Gasteiger partial charge in [-0.3, -0.25) is 0 Å². The van der Waals surface area contributed by atoms with Crippen LogP contribution in [0, 0.1) is 29.6 Å². The minimum absolute atomic E-state index is 0.101. The van der Waals surface area contributed by atoms with Crippen molar-refractivity contribution in [1.82, 2.24) is 0 Å². The van der Waals surface area contributed by atoms with Crippen LogP contribution in [0.25, 0.3) is 0 Å². The molecule has 0 bridgehead atoms. The van der Waals surface area contributed by atoms with Gasteiger partial charge in [0.15, 0.2) is 0 Å². The van der Waals surface area contributed by atoms with E-state index in [0.717, 1.165) is 0 Å². The first-order valence-electron chi connectivity index (χ1n) is 7.89. The Hall–Kier alpha value is 0.455. The monoisotopic (exact) mass is 256 g/mol. The summed E-state index contributed by atoms with van der Waals surface area (Å²) < 4.78 is 0. The van der Waals surface area contributed by atoms with E-state index in [4.69, 9.17) is 31.1 Å². The molecule has 0 aromatic rings. The van der Waals surface area contributed by atoms with Crippen LogP contribution in [-0.4, -0.2) is 51.8 Å². The van der Waals surface area contributed by atoms with Crippen LogP contribution < -0.4 is 0 Å². The Balaban J connectivity index is 3.20. The van der Waals surface area contributed by atoms with Crippen molar-refractivity contribution in [3.05, 3.63) is 0 Å². The van der Waals surface area contributed by atoms with E-state index in [1.807, 2.05) is 0 Å². The molecule has 6 atom stereocenters. The van der Waals surface area contributed by atoms with Crippen molar-refractivity contribution < 1.29 is 0 Å². The third kappa shape index (κ3) is 3.44. The van der Waals surface area contributed by atoms with Crippen LogP contribution in [0.3, 0.4) is 0 Å². The van der Waals surface area contributed by atoms with Gasteiger partial charge < -0.3 is 0 Å². The second-order valence-corrected chi connectivity index (χ2v) is 7.20. The number of hydrogen-bond acceptors (Lipinski definition) is 0. The van der Waals surface area contributed by atoms with Gasteiger partial charge in [-0.1, -0.05) is 52.1 Å². The fraction of sp³-hybridized carbons (Fsp3) is 1.00. The lowest BCUT2D eigenvalue weighted by molar-refractivity contribution is 0.127. The maximum Gasteiger partial charge on any atom is 0.0697 e. The van der Waals surface area contributed by atoms with Gasteiger partial charge in [0, 0.05) is 36.8 Å². The highest BCUT2D eigenvalue weighted by molar-refractivity contribution is 7.46. The molecule has 20 heavy (non-hydrogen) atoms. The summed E-state index contributed by atoms with van der Waals surface area (Å²) in [5.74, 6) is 2.89. The highest BCUT2D eigenvalue weighted by Crippen LogP contribution is 2.58. The minimum atomic E-state index is -0.103. The van der Waals surface area contributed by atoms with Gasteiger partial charge in [-0.05, 0) is 29.6 Å². The molecule has 1 rings (SSSR count). The van der Waals surface area contributed by atoms with E-state index >= 15 is 0 Å². The maximum atomic E-state index is 6.56. The molecule has 7 heteroatoms. The third-order valence-corrected chi connectivity index (χ3v) is 5.42.